The topological polar surface area (TPSA) is 54.4 Å². The molecule has 0 amide bonds. The zero-order valence-electron chi connectivity index (χ0n) is 11.4. The molecular formula is C15H19ClO3. The maximum absolute atomic E-state index is 11.5. The second-order valence-electron chi connectivity index (χ2n) is 5.41. The van der Waals surface area contributed by atoms with Gasteiger partial charge in [0.05, 0.1) is 0 Å². The average Bonchev–Trinajstić information content (AvgIpc) is 2.28. The first-order valence-electron chi connectivity index (χ1n) is 6.29. The van der Waals surface area contributed by atoms with E-state index in [2.05, 4.69) is 0 Å². The second-order valence-corrected chi connectivity index (χ2v) is 5.85. The van der Waals surface area contributed by atoms with Crippen LogP contribution in [0.25, 0.3) is 0 Å². The Hall–Kier alpha value is -1.35. The molecule has 1 N–H and O–H groups in total. The van der Waals surface area contributed by atoms with Gasteiger partial charge in [-0.15, -0.1) is 0 Å². The first kappa shape index (κ1) is 15.7. The van der Waals surface area contributed by atoms with Crippen molar-refractivity contribution in [2.75, 3.05) is 0 Å². The van der Waals surface area contributed by atoms with Gasteiger partial charge in [0.2, 0.25) is 5.78 Å². The Balaban J connectivity index is 3.01. The van der Waals surface area contributed by atoms with Gasteiger partial charge in [0.1, 0.15) is 0 Å². The molecule has 0 aliphatic heterocycles. The zero-order valence-corrected chi connectivity index (χ0v) is 12.2. The van der Waals surface area contributed by atoms with Crippen LogP contribution in [0.4, 0.5) is 0 Å². The fraction of sp³-hybridized carbons (Fsp3) is 0.467. The van der Waals surface area contributed by atoms with Gasteiger partial charge >= 0.3 is 5.97 Å². The molecule has 19 heavy (non-hydrogen) atoms. The van der Waals surface area contributed by atoms with Crippen LogP contribution in [0.15, 0.2) is 24.3 Å². The quantitative estimate of drug-likeness (QED) is 0.805. The summed E-state index contributed by atoms with van der Waals surface area (Å²) in [5.74, 6) is -2.02. The van der Waals surface area contributed by atoms with E-state index in [-0.39, 0.29) is 12.3 Å². The molecule has 4 heteroatoms. The Morgan fingerprint density at radius 1 is 1.37 bits per heavy atom. The number of carbonyl (C=O) groups excluding carboxylic acids is 1. The number of carboxylic acid groups (broad SMARTS) is 1. The number of Topliss-reactive ketones (excluding diaryl/α,β-unsaturated/α-hetero) is 1. The molecule has 0 heterocycles. The highest BCUT2D eigenvalue weighted by Gasteiger charge is 2.33. The lowest BCUT2D eigenvalue weighted by atomic mass is 9.70. The van der Waals surface area contributed by atoms with Crippen LogP contribution in [0.2, 0.25) is 5.02 Å². The Bertz CT molecular complexity index is 480. The van der Waals surface area contributed by atoms with E-state index in [1.165, 1.54) is 0 Å². The Morgan fingerprint density at radius 3 is 2.47 bits per heavy atom. The lowest BCUT2D eigenvalue weighted by Gasteiger charge is -2.33. The average molecular weight is 283 g/mol. The van der Waals surface area contributed by atoms with Crippen LogP contribution in [0.1, 0.15) is 45.1 Å². The maximum atomic E-state index is 11.5. The van der Waals surface area contributed by atoms with E-state index >= 15 is 0 Å². The van der Waals surface area contributed by atoms with E-state index in [1.807, 2.05) is 39.0 Å². The number of ketones is 1. The normalized spacial score (nSPS) is 13.1. The van der Waals surface area contributed by atoms with Crippen LogP contribution in [-0.2, 0) is 9.59 Å². The third-order valence-electron chi connectivity index (χ3n) is 3.46. The summed E-state index contributed by atoms with van der Waals surface area (Å²) in [5.41, 5.74) is 0.618. The molecule has 104 valence electrons. The van der Waals surface area contributed by atoms with Crippen LogP contribution < -0.4 is 0 Å². The van der Waals surface area contributed by atoms with Gasteiger partial charge in [-0.1, -0.05) is 44.5 Å². The molecule has 0 aliphatic rings. The van der Waals surface area contributed by atoms with E-state index in [1.54, 1.807) is 6.07 Å². The van der Waals surface area contributed by atoms with Crippen LogP contribution in [0, 0.1) is 5.41 Å². The van der Waals surface area contributed by atoms with Crippen LogP contribution in [0.3, 0.4) is 0 Å². The van der Waals surface area contributed by atoms with Gasteiger partial charge in [-0.2, -0.15) is 0 Å². The summed E-state index contributed by atoms with van der Waals surface area (Å²) in [6, 6.07) is 7.51. The summed E-state index contributed by atoms with van der Waals surface area (Å²) < 4.78 is 0. The highest BCUT2D eigenvalue weighted by atomic mass is 35.5. The minimum atomic E-state index is -1.37. The van der Waals surface area contributed by atoms with E-state index < -0.39 is 17.2 Å². The minimum Gasteiger partial charge on any atom is -0.476 e. The molecular weight excluding hydrogens is 264 g/mol. The highest BCUT2D eigenvalue weighted by molar-refractivity contribution is 6.32. The molecule has 0 fully saturated rings. The van der Waals surface area contributed by atoms with Crippen LogP contribution in [-0.4, -0.2) is 16.9 Å². The monoisotopic (exact) mass is 282 g/mol. The highest BCUT2D eigenvalue weighted by Crippen LogP contribution is 2.41. The van der Waals surface area contributed by atoms with Crippen molar-refractivity contribution in [3.05, 3.63) is 34.9 Å². The number of carbonyl (C=O) groups is 2. The number of hydrogen-bond donors (Lipinski definition) is 1. The van der Waals surface area contributed by atoms with Crippen molar-refractivity contribution in [3.63, 3.8) is 0 Å². The predicted octanol–water partition coefficient (Wildman–Crippen LogP) is 3.90. The largest absolute Gasteiger partial charge is 0.476 e. The van der Waals surface area contributed by atoms with E-state index in [0.29, 0.717) is 5.02 Å². The van der Waals surface area contributed by atoms with Gasteiger partial charge in [-0.25, -0.2) is 4.79 Å². The van der Waals surface area contributed by atoms with Crippen LogP contribution >= 0.6 is 11.6 Å². The SMILES string of the molecule is CCC(c1cccc(Cl)c1)C(C)(C)CC(=O)C(=O)O. The summed E-state index contributed by atoms with van der Waals surface area (Å²) in [6.45, 7) is 5.87. The number of hydrogen-bond acceptors (Lipinski definition) is 2. The van der Waals surface area contributed by atoms with Crippen molar-refractivity contribution in [1.29, 1.82) is 0 Å². The van der Waals surface area contributed by atoms with Crippen molar-refractivity contribution >= 4 is 23.4 Å². The van der Waals surface area contributed by atoms with Crippen molar-refractivity contribution in [3.8, 4) is 0 Å². The molecule has 1 aromatic carbocycles. The molecule has 3 nitrogen and oxygen atoms in total. The van der Waals surface area contributed by atoms with Gasteiger partial charge in [-0.3, -0.25) is 4.79 Å². The third-order valence-corrected chi connectivity index (χ3v) is 3.69. The first-order chi connectivity index (χ1) is 8.77. The third kappa shape index (κ3) is 4.06. The molecule has 0 bridgehead atoms. The first-order valence-corrected chi connectivity index (χ1v) is 6.67. The van der Waals surface area contributed by atoms with E-state index in [9.17, 15) is 9.59 Å². The summed E-state index contributed by atoms with van der Waals surface area (Å²) in [6.07, 6.45) is 0.841. The van der Waals surface area contributed by atoms with Crippen molar-refractivity contribution < 1.29 is 14.7 Å². The fourth-order valence-electron chi connectivity index (χ4n) is 2.58. The number of carboxylic acids is 1. The predicted molar refractivity (Wildman–Crippen MR) is 75.5 cm³/mol. The Labute approximate surface area is 118 Å². The molecule has 0 aromatic heterocycles. The summed E-state index contributed by atoms with van der Waals surface area (Å²) >= 11 is 5.99. The second kappa shape index (κ2) is 6.20. The number of benzene rings is 1. The molecule has 0 saturated heterocycles. The summed E-state index contributed by atoms with van der Waals surface area (Å²) in [5, 5.41) is 9.39. The Morgan fingerprint density at radius 2 is 2.00 bits per heavy atom. The summed E-state index contributed by atoms with van der Waals surface area (Å²) in [4.78, 5) is 22.2. The lowest BCUT2D eigenvalue weighted by molar-refractivity contribution is -0.150. The minimum absolute atomic E-state index is 0.0212. The van der Waals surface area contributed by atoms with Crippen LogP contribution in [0.5, 0.6) is 0 Å². The molecule has 1 rings (SSSR count). The lowest BCUT2D eigenvalue weighted by Crippen LogP contribution is -2.28. The van der Waals surface area contributed by atoms with Gasteiger partial charge in [0, 0.05) is 11.4 Å². The maximum Gasteiger partial charge on any atom is 0.372 e. The van der Waals surface area contributed by atoms with Crippen molar-refractivity contribution in [2.45, 2.75) is 39.5 Å². The van der Waals surface area contributed by atoms with E-state index in [0.717, 1.165) is 12.0 Å². The van der Waals surface area contributed by atoms with Gasteiger partial charge < -0.3 is 5.11 Å². The van der Waals surface area contributed by atoms with Gasteiger partial charge in [0.25, 0.3) is 0 Å². The molecule has 1 atom stereocenters. The summed E-state index contributed by atoms with van der Waals surface area (Å²) in [7, 11) is 0. The van der Waals surface area contributed by atoms with Crippen molar-refractivity contribution in [1.82, 2.24) is 0 Å². The van der Waals surface area contributed by atoms with Crippen molar-refractivity contribution in [2.24, 2.45) is 5.41 Å². The number of halogens is 1. The molecule has 0 aliphatic carbocycles. The standard InChI is InChI=1S/C15H19ClO3/c1-4-12(10-6-5-7-11(16)8-10)15(2,3)9-13(17)14(18)19/h5-8,12H,4,9H2,1-3H3,(H,18,19). The molecule has 1 unspecified atom stereocenters. The fourth-order valence-corrected chi connectivity index (χ4v) is 2.77. The molecule has 0 spiro atoms. The Kier molecular flexibility index (Phi) is 5.12. The number of rotatable bonds is 6. The van der Waals surface area contributed by atoms with E-state index in [4.69, 9.17) is 16.7 Å². The molecule has 1 aromatic rings. The smallest absolute Gasteiger partial charge is 0.372 e. The van der Waals surface area contributed by atoms with Gasteiger partial charge in [0.15, 0.2) is 0 Å². The van der Waals surface area contributed by atoms with Gasteiger partial charge in [-0.05, 0) is 35.4 Å². The zero-order chi connectivity index (χ0) is 14.6. The molecule has 0 saturated carbocycles. The molecule has 0 radical (unpaired) electrons. The number of aliphatic carboxylic acids is 1.